The lowest BCUT2D eigenvalue weighted by molar-refractivity contribution is -0.160. The fourth-order valence-electron chi connectivity index (χ4n) is 4.05. The number of carbonyl (C=O) groups excluding carboxylic acids is 1. The number of hydrogen-bond acceptors (Lipinski definition) is 3. The summed E-state index contributed by atoms with van der Waals surface area (Å²) in [6.45, 7) is 0. The van der Waals surface area contributed by atoms with Crippen LogP contribution < -0.4 is 0 Å². The number of rotatable bonds is 2. The van der Waals surface area contributed by atoms with Crippen molar-refractivity contribution in [3.8, 4) is 0 Å². The second kappa shape index (κ2) is 4.27. The highest BCUT2D eigenvalue weighted by molar-refractivity contribution is 5.77. The van der Waals surface area contributed by atoms with Crippen LogP contribution in [0, 0.1) is 11.3 Å². The average Bonchev–Trinajstić information content (AvgIpc) is 3.16. The van der Waals surface area contributed by atoms with E-state index >= 15 is 0 Å². The minimum Gasteiger partial charge on any atom is -0.469 e. The van der Waals surface area contributed by atoms with E-state index in [1.807, 2.05) is 0 Å². The second-order valence-electron chi connectivity index (χ2n) is 5.94. The fraction of sp³-hybridized carbons (Fsp3) is 0.929. The molecule has 1 aliphatic heterocycles. The van der Waals surface area contributed by atoms with Gasteiger partial charge >= 0.3 is 5.97 Å². The van der Waals surface area contributed by atoms with Crippen molar-refractivity contribution in [3.63, 3.8) is 0 Å². The Morgan fingerprint density at radius 2 is 1.94 bits per heavy atom. The van der Waals surface area contributed by atoms with E-state index in [9.17, 15) is 4.79 Å². The Morgan fingerprint density at radius 3 is 2.59 bits per heavy atom. The minimum absolute atomic E-state index is 0.0263. The van der Waals surface area contributed by atoms with Crippen molar-refractivity contribution in [3.05, 3.63) is 0 Å². The maximum atomic E-state index is 12.3. The maximum absolute atomic E-state index is 12.3. The van der Waals surface area contributed by atoms with Crippen molar-refractivity contribution in [2.24, 2.45) is 11.3 Å². The van der Waals surface area contributed by atoms with E-state index < -0.39 is 0 Å². The third-order valence-electron chi connectivity index (χ3n) is 5.11. The van der Waals surface area contributed by atoms with Crippen molar-refractivity contribution in [1.29, 1.82) is 0 Å². The van der Waals surface area contributed by atoms with Crippen LogP contribution in [0.4, 0.5) is 0 Å². The SMILES string of the molecule is COC(=O)C1(C2CCCCC2)CCC2OC2C1. The summed E-state index contributed by atoms with van der Waals surface area (Å²) in [7, 11) is 1.53. The van der Waals surface area contributed by atoms with Crippen LogP contribution in [0.3, 0.4) is 0 Å². The van der Waals surface area contributed by atoms with Gasteiger partial charge in [0.1, 0.15) is 0 Å². The van der Waals surface area contributed by atoms with Gasteiger partial charge in [-0.1, -0.05) is 19.3 Å². The Bertz CT molecular complexity index is 309. The largest absolute Gasteiger partial charge is 0.469 e. The zero-order valence-corrected chi connectivity index (χ0v) is 10.6. The molecule has 2 aliphatic carbocycles. The van der Waals surface area contributed by atoms with Gasteiger partial charge in [0, 0.05) is 0 Å². The second-order valence-corrected chi connectivity index (χ2v) is 5.94. The first kappa shape index (κ1) is 11.5. The van der Waals surface area contributed by atoms with Crippen LogP contribution in [0.2, 0.25) is 0 Å². The molecule has 96 valence electrons. The summed E-state index contributed by atoms with van der Waals surface area (Å²) in [6, 6.07) is 0. The monoisotopic (exact) mass is 238 g/mol. The molecule has 3 atom stereocenters. The Balaban J connectivity index is 1.81. The third-order valence-corrected chi connectivity index (χ3v) is 5.11. The molecule has 2 saturated carbocycles. The number of esters is 1. The van der Waals surface area contributed by atoms with Gasteiger partial charge in [0.05, 0.1) is 24.7 Å². The number of hydrogen-bond donors (Lipinski definition) is 0. The van der Waals surface area contributed by atoms with Gasteiger partial charge in [-0.3, -0.25) is 4.79 Å². The summed E-state index contributed by atoms with van der Waals surface area (Å²) in [5, 5.41) is 0. The van der Waals surface area contributed by atoms with Gasteiger partial charge in [-0.25, -0.2) is 0 Å². The first-order chi connectivity index (χ1) is 8.26. The predicted octanol–water partition coefficient (Wildman–Crippen LogP) is 2.68. The van der Waals surface area contributed by atoms with Gasteiger partial charge in [0.25, 0.3) is 0 Å². The molecule has 3 unspecified atom stereocenters. The smallest absolute Gasteiger partial charge is 0.312 e. The number of epoxide rings is 1. The fourth-order valence-corrected chi connectivity index (χ4v) is 4.05. The molecular formula is C14H22O3. The van der Waals surface area contributed by atoms with E-state index in [-0.39, 0.29) is 11.4 Å². The molecule has 0 spiro atoms. The molecule has 0 aromatic rings. The summed E-state index contributed by atoms with van der Waals surface area (Å²) in [4.78, 5) is 12.3. The summed E-state index contributed by atoms with van der Waals surface area (Å²) in [6.07, 6.45) is 10.0. The van der Waals surface area contributed by atoms with Crippen molar-refractivity contribution < 1.29 is 14.3 Å². The van der Waals surface area contributed by atoms with Crippen LogP contribution in [-0.2, 0) is 14.3 Å². The molecule has 0 bridgehead atoms. The van der Waals surface area contributed by atoms with Gasteiger partial charge in [0.2, 0.25) is 0 Å². The highest BCUT2D eigenvalue weighted by Crippen LogP contribution is 2.54. The van der Waals surface area contributed by atoms with Crippen LogP contribution in [0.15, 0.2) is 0 Å². The molecule has 1 saturated heterocycles. The predicted molar refractivity (Wildman–Crippen MR) is 63.5 cm³/mol. The van der Waals surface area contributed by atoms with Crippen molar-refractivity contribution in [2.45, 2.75) is 63.6 Å². The normalized spacial score (nSPS) is 41.7. The number of methoxy groups -OCH3 is 1. The Hall–Kier alpha value is -0.570. The van der Waals surface area contributed by atoms with E-state index in [1.165, 1.54) is 39.2 Å². The number of ether oxygens (including phenoxy) is 2. The summed E-state index contributed by atoms with van der Waals surface area (Å²) < 4.78 is 10.7. The van der Waals surface area contributed by atoms with E-state index in [0.717, 1.165) is 19.3 Å². The van der Waals surface area contributed by atoms with Gasteiger partial charge in [-0.05, 0) is 38.0 Å². The van der Waals surface area contributed by atoms with E-state index in [1.54, 1.807) is 0 Å². The zero-order chi connectivity index (χ0) is 11.9. The van der Waals surface area contributed by atoms with Crippen LogP contribution in [-0.4, -0.2) is 25.3 Å². The topological polar surface area (TPSA) is 38.8 Å². The highest BCUT2D eigenvalue weighted by atomic mass is 16.6. The van der Waals surface area contributed by atoms with Gasteiger partial charge < -0.3 is 9.47 Å². The molecular weight excluding hydrogens is 216 g/mol. The molecule has 0 N–H and O–H groups in total. The Kier molecular flexibility index (Phi) is 2.89. The van der Waals surface area contributed by atoms with Crippen LogP contribution in [0.1, 0.15) is 51.4 Å². The molecule has 0 amide bonds. The molecule has 0 aromatic carbocycles. The summed E-state index contributed by atoms with van der Waals surface area (Å²) >= 11 is 0. The molecule has 3 fully saturated rings. The lowest BCUT2D eigenvalue weighted by Gasteiger charge is -2.41. The number of fused-ring (bicyclic) bond motifs is 1. The summed E-state index contributed by atoms with van der Waals surface area (Å²) in [5.41, 5.74) is -0.215. The Labute approximate surface area is 103 Å². The molecule has 3 rings (SSSR count). The lowest BCUT2D eigenvalue weighted by atomic mass is 9.62. The van der Waals surface area contributed by atoms with Crippen LogP contribution >= 0.6 is 0 Å². The van der Waals surface area contributed by atoms with Gasteiger partial charge in [-0.15, -0.1) is 0 Å². The number of carbonyl (C=O) groups is 1. The Morgan fingerprint density at radius 1 is 1.18 bits per heavy atom. The molecule has 1 heterocycles. The van der Waals surface area contributed by atoms with Crippen LogP contribution in [0.5, 0.6) is 0 Å². The summed E-state index contributed by atoms with van der Waals surface area (Å²) in [5.74, 6) is 0.562. The molecule has 3 nitrogen and oxygen atoms in total. The first-order valence-corrected chi connectivity index (χ1v) is 7.00. The zero-order valence-electron chi connectivity index (χ0n) is 10.6. The lowest BCUT2D eigenvalue weighted by Crippen LogP contribution is -2.44. The van der Waals surface area contributed by atoms with Crippen molar-refractivity contribution >= 4 is 5.97 Å². The first-order valence-electron chi connectivity index (χ1n) is 7.00. The van der Waals surface area contributed by atoms with E-state index in [4.69, 9.17) is 9.47 Å². The minimum atomic E-state index is -0.215. The average molecular weight is 238 g/mol. The van der Waals surface area contributed by atoms with Crippen LogP contribution in [0.25, 0.3) is 0 Å². The third kappa shape index (κ3) is 1.88. The van der Waals surface area contributed by atoms with Crippen molar-refractivity contribution in [2.75, 3.05) is 7.11 Å². The molecule has 0 aromatic heterocycles. The van der Waals surface area contributed by atoms with Gasteiger partial charge in [0.15, 0.2) is 0 Å². The molecule has 3 heteroatoms. The van der Waals surface area contributed by atoms with Gasteiger partial charge in [-0.2, -0.15) is 0 Å². The highest BCUT2D eigenvalue weighted by Gasteiger charge is 2.57. The van der Waals surface area contributed by atoms with E-state index in [2.05, 4.69) is 0 Å². The van der Waals surface area contributed by atoms with E-state index in [0.29, 0.717) is 18.1 Å². The standard InChI is InChI=1S/C14H22O3/c1-16-13(15)14(10-5-3-2-4-6-10)8-7-11-12(9-14)17-11/h10-12H,2-9H2,1H3. The molecule has 3 aliphatic rings. The molecule has 17 heavy (non-hydrogen) atoms. The quantitative estimate of drug-likeness (QED) is 0.548. The molecule has 0 radical (unpaired) electrons. The van der Waals surface area contributed by atoms with Crippen molar-refractivity contribution in [1.82, 2.24) is 0 Å². The maximum Gasteiger partial charge on any atom is 0.312 e.